The quantitative estimate of drug-likeness (QED) is 0.856. The molecule has 0 bridgehead atoms. The van der Waals surface area contributed by atoms with Gasteiger partial charge in [0.1, 0.15) is 0 Å². The molecule has 0 radical (unpaired) electrons. The second-order valence-corrected chi connectivity index (χ2v) is 7.09. The molecule has 1 aromatic carbocycles. The van der Waals surface area contributed by atoms with E-state index in [1.54, 1.807) is 24.3 Å². The molecule has 1 fully saturated rings. The maximum absolute atomic E-state index is 12.0. The lowest BCUT2D eigenvalue weighted by atomic mass is 10.0. The van der Waals surface area contributed by atoms with Crippen molar-refractivity contribution in [1.29, 1.82) is 5.26 Å². The van der Waals surface area contributed by atoms with Gasteiger partial charge in [0.2, 0.25) is 10.0 Å². The van der Waals surface area contributed by atoms with E-state index < -0.39 is 15.6 Å². The van der Waals surface area contributed by atoms with Gasteiger partial charge >= 0.3 is 0 Å². The average Bonchev–Trinajstić information content (AvgIpc) is 2.85. The summed E-state index contributed by atoms with van der Waals surface area (Å²) < 4.78 is 26.5. The highest BCUT2D eigenvalue weighted by atomic mass is 32.2. The molecule has 0 amide bonds. The number of rotatable bonds is 5. The zero-order valence-corrected chi connectivity index (χ0v) is 12.0. The first-order chi connectivity index (χ1) is 9.44. The van der Waals surface area contributed by atoms with E-state index >= 15 is 0 Å². The average molecular weight is 294 g/mol. The molecule has 2 rings (SSSR count). The maximum atomic E-state index is 12.0. The topological polar surface area (TPSA) is 90.2 Å². The number of nitrogens with one attached hydrogen (secondary N) is 1. The smallest absolute Gasteiger partial charge is 0.215 e. The van der Waals surface area contributed by atoms with Crippen molar-refractivity contribution in [3.05, 3.63) is 35.4 Å². The fraction of sp³-hybridized carbons (Fsp3) is 0.500. The van der Waals surface area contributed by atoms with Crippen LogP contribution in [-0.4, -0.2) is 25.7 Å². The lowest BCUT2D eigenvalue weighted by Gasteiger charge is -2.22. The van der Waals surface area contributed by atoms with E-state index in [2.05, 4.69) is 4.72 Å². The zero-order valence-electron chi connectivity index (χ0n) is 11.2. The molecule has 1 aliphatic carbocycles. The van der Waals surface area contributed by atoms with Crippen LogP contribution in [0.2, 0.25) is 0 Å². The van der Waals surface area contributed by atoms with Gasteiger partial charge in [-0.1, -0.05) is 31.0 Å². The van der Waals surface area contributed by atoms with Crippen molar-refractivity contribution in [2.75, 3.05) is 6.54 Å². The molecule has 1 aliphatic rings. The SMILES string of the molecule is N#Cc1ccccc1CS(=O)(=O)NCC1(O)CCCC1. The predicted octanol–water partition coefficient (Wildman–Crippen LogP) is 1.28. The van der Waals surface area contributed by atoms with Crippen LogP contribution in [0.4, 0.5) is 0 Å². The Labute approximate surface area is 119 Å². The van der Waals surface area contributed by atoms with Crippen molar-refractivity contribution < 1.29 is 13.5 Å². The highest BCUT2D eigenvalue weighted by Crippen LogP contribution is 2.28. The van der Waals surface area contributed by atoms with E-state index in [0.29, 0.717) is 24.0 Å². The van der Waals surface area contributed by atoms with Crippen LogP contribution in [0.3, 0.4) is 0 Å². The molecule has 0 atom stereocenters. The fourth-order valence-electron chi connectivity index (χ4n) is 2.47. The lowest BCUT2D eigenvalue weighted by molar-refractivity contribution is 0.0531. The summed E-state index contributed by atoms with van der Waals surface area (Å²) in [6.07, 6.45) is 3.11. The number of hydrogen-bond donors (Lipinski definition) is 2. The van der Waals surface area contributed by atoms with Gasteiger partial charge in [0.15, 0.2) is 0 Å². The van der Waals surface area contributed by atoms with Gasteiger partial charge in [-0.2, -0.15) is 5.26 Å². The Kier molecular flexibility index (Phi) is 4.43. The summed E-state index contributed by atoms with van der Waals surface area (Å²) in [4.78, 5) is 0. The Bertz CT molecular complexity index is 614. The fourth-order valence-corrected chi connectivity index (χ4v) is 3.72. The lowest BCUT2D eigenvalue weighted by Crippen LogP contribution is -2.41. The van der Waals surface area contributed by atoms with E-state index in [4.69, 9.17) is 5.26 Å². The van der Waals surface area contributed by atoms with Gasteiger partial charge in [0.25, 0.3) is 0 Å². The number of hydrogen-bond acceptors (Lipinski definition) is 4. The van der Waals surface area contributed by atoms with E-state index in [0.717, 1.165) is 12.8 Å². The van der Waals surface area contributed by atoms with Crippen LogP contribution in [0.25, 0.3) is 0 Å². The van der Waals surface area contributed by atoms with Gasteiger partial charge in [-0.15, -0.1) is 0 Å². The standard InChI is InChI=1S/C14H18N2O3S/c15-9-12-5-1-2-6-13(12)10-20(18,19)16-11-14(17)7-3-4-8-14/h1-2,5-6,16-17H,3-4,7-8,10-11H2. The molecule has 0 aliphatic heterocycles. The third-order valence-electron chi connectivity index (χ3n) is 3.64. The molecule has 20 heavy (non-hydrogen) atoms. The van der Waals surface area contributed by atoms with Crippen LogP contribution >= 0.6 is 0 Å². The van der Waals surface area contributed by atoms with Gasteiger partial charge in [-0.05, 0) is 24.5 Å². The number of nitrogens with zero attached hydrogens (tertiary/aromatic N) is 1. The Balaban J connectivity index is 2.02. The minimum Gasteiger partial charge on any atom is -0.389 e. The number of nitriles is 1. The maximum Gasteiger partial charge on any atom is 0.215 e. The monoisotopic (exact) mass is 294 g/mol. The minimum absolute atomic E-state index is 0.0457. The summed E-state index contributed by atoms with van der Waals surface area (Å²) in [5.74, 6) is -0.243. The molecule has 1 aromatic rings. The normalized spacial score (nSPS) is 17.8. The molecule has 0 unspecified atom stereocenters. The Hall–Kier alpha value is -1.42. The van der Waals surface area contributed by atoms with Gasteiger partial charge in [0, 0.05) is 6.54 Å². The molecular formula is C14H18N2O3S. The van der Waals surface area contributed by atoms with Crippen LogP contribution < -0.4 is 4.72 Å². The predicted molar refractivity (Wildman–Crippen MR) is 75.2 cm³/mol. The zero-order chi connectivity index (χ0) is 14.6. The molecule has 1 saturated carbocycles. The van der Waals surface area contributed by atoms with Crippen LogP contribution in [0, 0.1) is 11.3 Å². The first-order valence-electron chi connectivity index (χ1n) is 6.62. The van der Waals surface area contributed by atoms with E-state index in [-0.39, 0.29) is 12.3 Å². The third-order valence-corrected chi connectivity index (χ3v) is 4.91. The second kappa shape index (κ2) is 5.92. The molecule has 0 heterocycles. The number of sulfonamides is 1. The van der Waals surface area contributed by atoms with E-state index in [9.17, 15) is 13.5 Å². The summed E-state index contributed by atoms with van der Waals surface area (Å²) in [6, 6.07) is 8.60. The number of aliphatic hydroxyl groups is 1. The Morgan fingerprint density at radius 1 is 1.30 bits per heavy atom. The van der Waals surface area contributed by atoms with Crippen molar-refractivity contribution >= 4 is 10.0 Å². The molecule has 5 nitrogen and oxygen atoms in total. The Morgan fingerprint density at radius 3 is 2.60 bits per heavy atom. The van der Waals surface area contributed by atoms with Gasteiger partial charge in [-0.25, -0.2) is 13.1 Å². The van der Waals surface area contributed by atoms with Crippen molar-refractivity contribution in [3.8, 4) is 6.07 Å². The second-order valence-electron chi connectivity index (χ2n) is 5.28. The molecular weight excluding hydrogens is 276 g/mol. The largest absolute Gasteiger partial charge is 0.389 e. The molecule has 108 valence electrons. The van der Waals surface area contributed by atoms with Gasteiger partial charge in [0.05, 0.1) is 23.0 Å². The first kappa shape index (κ1) is 15.0. The summed E-state index contributed by atoms with van der Waals surface area (Å²) in [5.41, 5.74) is -0.0830. The first-order valence-corrected chi connectivity index (χ1v) is 8.27. The van der Waals surface area contributed by atoms with Crippen molar-refractivity contribution in [2.45, 2.75) is 37.0 Å². The summed E-state index contributed by atoms with van der Waals surface area (Å²) >= 11 is 0. The Morgan fingerprint density at radius 2 is 1.95 bits per heavy atom. The third kappa shape index (κ3) is 3.79. The van der Waals surface area contributed by atoms with E-state index in [1.165, 1.54) is 0 Å². The molecule has 2 N–H and O–H groups in total. The summed E-state index contributed by atoms with van der Waals surface area (Å²) in [6.45, 7) is 0.0457. The summed E-state index contributed by atoms with van der Waals surface area (Å²) in [5, 5.41) is 19.1. The van der Waals surface area contributed by atoms with Crippen LogP contribution in [0.15, 0.2) is 24.3 Å². The van der Waals surface area contributed by atoms with Gasteiger partial charge in [-0.3, -0.25) is 0 Å². The van der Waals surface area contributed by atoms with Crippen molar-refractivity contribution in [2.24, 2.45) is 0 Å². The van der Waals surface area contributed by atoms with Crippen LogP contribution in [0.5, 0.6) is 0 Å². The highest BCUT2D eigenvalue weighted by Gasteiger charge is 2.32. The van der Waals surface area contributed by atoms with Gasteiger partial charge < -0.3 is 5.11 Å². The highest BCUT2D eigenvalue weighted by molar-refractivity contribution is 7.88. The van der Waals surface area contributed by atoms with Crippen molar-refractivity contribution in [1.82, 2.24) is 4.72 Å². The van der Waals surface area contributed by atoms with Crippen LogP contribution in [0.1, 0.15) is 36.8 Å². The molecule has 0 saturated heterocycles. The van der Waals surface area contributed by atoms with Crippen LogP contribution in [-0.2, 0) is 15.8 Å². The summed E-state index contributed by atoms with van der Waals surface area (Å²) in [7, 11) is -3.55. The number of benzene rings is 1. The van der Waals surface area contributed by atoms with E-state index in [1.807, 2.05) is 6.07 Å². The van der Waals surface area contributed by atoms with Crippen molar-refractivity contribution in [3.63, 3.8) is 0 Å². The molecule has 6 heteroatoms. The minimum atomic E-state index is -3.55. The molecule has 0 spiro atoms. The molecule has 0 aromatic heterocycles.